The van der Waals surface area contributed by atoms with Crippen molar-refractivity contribution < 1.29 is 22.7 Å². The Bertz CT molecular complexity index is 1240. The quantitative estimate of drug-likeness (QED) is 0.580. The number of carbonyl (C=O) groups excluding carboxylic acids is 2. The summed E-state index contributed by atoms with van der Waals surface area (Å²) >= 11 is 0. The number of rotatable bonds is 6. The number of methoxy groups -OCH3 is 1. The summed E-state index contributed by atoms with van der Waals surface area (Å²) in [6.07, 6.45) is 2.64. The molecule has 2 aromatic carbocycles. The molecule has 160 valence electrons. The number of esters is 1. The molecule has 0 unspecified atom stereocenters. The summed E-state index contributed by atoms with van der Waals surface area (Å²) < 4.78 is 34.3. The average molecular weight is 441 g/mol. The van der Waals surface area contributed by atoms with E-state index in [1.807, 2.05) is 0 Å². The van der Waals surface area contributed by atoms with Crippen LogP contribution >= 0.6 is 0 Å². The largest absolute Gasteiger partial charge is 0.464 e. The Hall–Kier alpha value is -3.73. The molecule has 3 aromatic rings. The zero-order chi connectivity index (χ0) is 22.0. The number of nitrogens with one attached hydrogen (secondary N) is 1. The molecule has 0 aliphatic carbocycles. The lowest BCUT2D eigenvalue weighted by Gasteiger charge is -2.16. The number of anilines is 2. The van der Waals surface area contributed by atoms with Crippen molar-refractivity contribution in [1.29, 1.82) is 0 Å². The van der Waals surface area contributed by atoms with Crippen LogP contribution in [0.1, 0.15) is 23.3 Å². The lowest BCUT2D eigenvalue weighted by Crippen LogP contribution is -2.23. The molecule has 0 spiro atoms. The minimum absolute atomic E-state index is 0.00721. The standard InChI is InChI=1S/C20H19N5O5S/c1-30-20(27)17-13-25(23-21-17)18-6-3-2-5-16(18)22-31(28,29)15-10-8-14(9-11-15)24-12-4-7-19(24)26/h2-3,5-6,8-11,13,22H,4,7,12H2,1H3. The Morgan fingerprint density at radius 1 is 1.13 bits per heavy atom. The van der Waals surface area contributed by atoms with Crippen LogP contribution in [-0.4, -0.2) is 48.9 Å². The van der Waals surface area contributed by atoms with Crippen molar-refractivity contribution in [3.8, 4) is 5.69 Å². The van der Waals surface area contributed by atoms with E-state index in [2.05, 4.69) is 19.8 Å². The van der Waals surface area contributed by atoms with E-state index in [4.69, 9.17) is 0 Å². The summed E-state index contributed by atoms with van der Waals surface area (Å²) in [6.45, 7) is 0.627. The van der Waals surface area contributed by atoms with Gasteiger partial charge in [0.15, 0.2) is 5.69 Å². The molecule has 0 saturated carbocycles. The van der Waals surface area contributed by atoms with Gasteiger partial charge in [-0.05, 0) is 42.8 Å². The van der Waals surface area contributed by atoms with Crippen molar-refractivity contribution in [2.75, 3.05) is 23.3 Å². The van der Waals surface area contributed by atoms with Crippen LogP contribution in [0.4, 0.5) is 11.4 Å². The minimum Gasteiger partial charge on any atom is -0.464 e. The number of hydrogen-bond donors (Lipinski definition) is 1. The van der Waals surface area contributed by atoms with E-state index in [0.717, 1.165) is 6.42 Å². The van der Waals surface area contributed by atoms with Gasteiger partial charge in [0.2, 0.25) is 5.91 Å². The monoisotopic (exact) mass is 441 g/mol. The van der Waals surface area contributed by atoms with E-state index < -0.39 is 16.0 Å². The molecule has 31 heavy (non-hydrogen) atoms. The number of benzene rings is 2. The zero-order valence-corrected chi connectivity index (χ0v) is 17.4. The molecule has 0 bridgehead atoms. The molecule has 10 nitrogen and oxygen atoms in total. The van der Waals surface area contributed by atoms with Gasteiger partial charge in [0.05, 0.1) is 29.6 Å². The van der Waals surface area contributed by atoms with Crippen LogP contribution in [0.25, 0.3) is 5.69 Å². The molecule has 1 amide bonds. The van der Waals surface area contributed by atoms with Crippen LogP contribution < -0.4 is 9.62 Å². The fraction of sp³-hybridized carbons (Fsp3) is 0.200. The fourth-order valence-corrected chi connectivity index (χ4v) is 4.34. The first-order valence-corrected chi connectivity index (χ1v) is 10.9. The average Bonchev–Trinajstić information content (AvgIpc) is 3.43. The molecular weight excluding hydrogens is 422 g/mol. The summed E-state index contributed by atoms with van der Waals surface area (Å²) in [4.78, 5) is 25.2. The Morgan fingerprint density at radius 3 is 2.55 bits per heavy atom. The molecule has 0 atom stereocenters. The third-order valence-electron chi connectivity index (χ3n) is 4.82. The Morgan fingerprint density at radius 2 is 1.87 bits per heavy atom. The van der Waals surface area contributed by atoms with Gasteiger partial charge in [0.25, 0.3) is 10.0 Å². The highest BCUT2D eigenvalue weighted by Crippen LogP contribution is 2.26. The van der Waals surface area contributed by atoms with Crippen LogP contribution in [0.3, 0.4) is 0 Å². The smallest absolute Gasteiger partial charge is 0.360 e. The van der Waals surface area contributed by atoms with Crippen molar-refractivity contribution >= 4 is 33.3 Å². The summed E-state index contributed by atoms with van der Waals surface area (Å²) in [6, 6.07) is 12.7. The van der Waals surface area contributed by atoms with Gasteiger partial charge in [-0.1, -0.05) is 17.3 Å². The van der Waals surface area contributed by atoms with Crippen molar-refractivity contribution in [3.05, 3.63) is 60.4 Å². The second-order valence-electron chi connectivity index (χ2n) is 6.81. The Kier molecular flexibility index (Phi) is 5.42. The maximum Gasteiger partial charge on any atom is 0.360 e. The van der Waals surface area contributed by atoms with E-state index >= 15 is 0 Å². The van der Waals surface area contributed by atoms with Crippen LogP contribution in [0.5, 0.6) is 0 Å². The van der Waals surface area contributed by atoms with E-state index in [1.54, 1.807) is 41.3 Å². The molecule has 0 radical (unpaired) electrons. The molecule has 1 N–H and O–H groups in total. The number of amides is 1. The number of para-hydroxylation sites is 2. The summed E-state index contributed by atoms with van der Waals surface area (Å²) in [5.41, 5.74) is 1.29. The molecule has 1 fully saturated rings. The lowest BCUT2D eigenvalue weighted by molar-refractivity contribution is -0.117. The molecule has 1 aliphatic heterocycles. The molecule has 11 heteroatoms. The number of aromatic nitrogens is 3. The van der Waals surface area contributed by atoms with E-state index in [0.29, 0.717) is 24.3 Å². The second-order valence-corrected chi connectivity index (χ2v) is 8.49. The van der Waals surface area contributed by atoms with E-state index in [-0.39, 0.29) is 22.2 Å². The van der Waals surface area contributed by atoms with Crippen LogP contribution in [-0.2, 0) is 19.6 Å². The highest BCUT2D eigenvalue weighted by molar-refractivity contribution is 7.92. The van der Waals surface area contributed by atoms with Crippen LogP contribution in [0.15, 0.2) is 59.6 Å². The molecule has 1 aliphatic rings. The molecule has 4 rings (SSSR count). The predicted molar refractivity (Wildman–Crippen MR) is 112 cm³/mol. The highest BCUT2D eigenvalue weighted by Gasteiger charge is 2.23. The third kappa shape index (κ3) is 4.12. The SMILES string of the molecule is COC(=O)c1cn(-c2ccccc2NS(=O)(=O)c2ccc(N3CCCC3=O)cc2)nn1. The van der Waals surface area contributed by atoms with Crippen molar-refractivity contribution in [3.63, 3.8) is 0 Å². The summed E-state index contributed by atoms with van der Waals surface area (Å²) in [5.74, 6) is -0.622. The molecule has 2 heterocycles. The van der Waals surface area contributed by atoms with Crippen LogP contribution in [0, 0.1) is 0 Å². The van der Waals surface area contributed by atoms with Gasteiger partial charge in [-0.25, -0.2) is 17.9 Å². The number of nitrogens with zero attached hydrogens (tertiary/aromatic N) is 4. The molecular formula is C20H19N5O5S. The predicted octanol–water partition coefficient (Wildman–Crippen LogP) is 1.98. The second kappa shape index (κ2) is 8.19. The van der Waals surface area contributed by atoms with Gasteiger partial charge < -0.3 is 9.64 Å². The number of hydrogen-bond acceptors (Lipinski definition) is 7. The first kappa shape index (κ1) is 20.5. The maximum atomic E-state index is 12.9. The minimum atomic E-state index is -3.92. The number of ether oxygens (including phenoxy) is 1. The van der Waals surface area contributed by atoms with E-state index in [9.17, 15) is 18.0 Å². The van der Waals surface area contributed by atoms with Gasteiger partial charge in [0.1, 0.15) is 0 Å². The van der Waals surface area contributed by atoms with Crippen molar-refractivity contribution in [1.82, 2.24) is 15.0 Å². The van der Waals surface area contributed by atoms with Crippen LogP contribution in [0.2, 0.25) is 0 Å². The van der Waals surface area contributed by atoms with E-state index in [1.165, 1.54) is 30.1 Å². The normalized spacial score (nSPS) is 14.0. The van der Waals surface area contributed by atoms with Crippen molar-refractivity contribution in [2.24, 2.45) is 0 Å². The first-order valence-electron chi connectivity index (χ1n) is 9.42. The Labute approximate surface area is 178 Å². The number of carbonyl (C=O) groups is 2. The third-order valence-corrected chi connectivity index (χ3v) is 6.20. The Balaban J connectivity index is 1.60. The summed E-state index contributed by atoms with van der Waals surface area (Å²) in [7, 11) is -2.69. The van der Waals surface area contributed by atoms with Gasteiger partial charge >= 0.3 is 5.97 Å². The lowest BCUT2D eigenvalue weighted by atomic mass is 10.3. The summed E-state index contributed by atoms with van der Waals surface area (Å²) in [5, 5.41) is 7.62. The topological polar surface area (TPSA) is 123 Å². The number of sulfonamides is 1. The zero-order valence-electron chi connectivity index (χ0n) is 16.6. The maximum absolute atomic E-state index is 12.9. The molecule has 1 saturated heterocycles. The highest BCUT2D eigenvalue weighted by atomic mass is 32.2. The van der Waals surface area contributed by atoms with Gasteiger partial charge in [0, 0.05) is 18.7 Å². The first-order chi connectivity index (χ1) is 14.9. The van der Waals surface area contributed by atoms with Gasteiger partial charge in [-0.15, -0.1) is 5.10 Å². The van der Waals surface area contributed by atoms with Gasteiger partial charge in [-0.3, -0.25) is 9.52 Å². The fourth-order valence-electron chi connectivity index (χ4n) is 3.27. The molecule has 1 aromatic heterocycles. The van der Waals surface area contributed by atoms with Gasteiger partial charge in [-0.2, -0.15) is 0 Å². The van der Waals surface area contributed by atoms with Crippen molar-refractivity contribution in [2.45, 2.75) is 17.7 Å².